The van der Waals surface area contributed by atoms with Crippen molar-refractivity contribution in [3.63, 3.8) is 0 Å². The maximum Gasteiger partial charge on any atom is 0.258 e. The lowest BCUT2D eigenvalue weighted by Gasteiger charge is -2.14. The van der Waals surface area contributed by atoms with E-state index in [1.807, 2.05) is 18.2 Å². The third kappa shape index (κ3) is 5.07. The standard InChI is InChI=1S/C20H18BrClN4O2/c1-28-10-9-23-17-11-13(19-16(22)3-2-8-24-19)4-6-15(17)20(27)26-18-7-5-14(21)12-25-18/h2-8,11-12,23H,9-10H2,1H3,(H,25,26,27). The highest BCUT2D eigenvalue weighted by Crippen LogP contribution is 2.29. The van der Waals surface area contributed by atoms with Gasteiger partial charge in [0.15, 0.2) is 0 Å². The third-order valence-corrected chi connectivity index (χ3v) is 4.66. The number of anilines is 2. The molecule has 144 valence electrons. The number of halogens is 2. The van der Waals surface area contributed by atoms with Crippen LogP contribution in [0.2, 0.25) is 5.02 Å². The van der Waals surface area contributed by atoms with Gasteiger partial charge in [0.25, 0.3) is 5.91 Å². The Bertz CT molecular complexity index is 967. The molecule has 6 nitrogen and oxygen atoms in total. The van der Waals surface area contributed by atoms with Gasteiger partial charge in [0.1, 0.15) is 5.82 Å². The van der Waals surface area contributed by atoms with Crippen LogP contribution < -0.4 is 10.6 Å². The van der Waals surface area contributed by atoms with E-state index >= 15 is 0 Å². The average Bonchev–Trinajstić information content (AvgIpc) is 2.70. The van der Waals surface area contributed by atoms with Crippen molar-refractivity contribution < 1.29 is 9.53 Å². The second-order valence-electron chi connectivity index (χ2n) is 5.83. The monoisotopic (exact) mass is 460 g/mol. The summed E-state index contributed by atoms with van der Waals surface area (Å²) >= 11 is 9.59. The highest BCUT2D eigenvalue weighted by atomic mass is 79.9. The van der Waals surface area contributed by atoms with Crippen molar-refractivity contribution in [2.24, 2.45) is 0 Å². The third-order valence-electron chi connectivity index (χ3n) is 3.89. The van der Waals surface area contributed by atoms with Gasteiger partial charge in [-0.1, -0.05) is 17.7 Å². The second kappa shape index (κ2) is 9.64. The van der Waals surface area contributed by atoms with E-state index in [-0.39, 0.29) is 5.91 Å². The minimum atomic E-state index is -0.270. The van der Waals surface area contributed by atoms with Crippen LogP contribution in [0.15, 0.2) is 59.3 Å². The van der Waals surface area contributed by atoms with Crippen LogP contribution >= 0.6 is 27.5 Å². The number of carbonyl (C=O) groups excluding carboxylic acids is 1. The minimum Gasteiger partial charge on any atom is -0.383 e. The number of rotatable bonds is 7. The van der Waals surface area contributed by atoms with Crippen LogP contribution in [0.3, 0.4) is 0 Å². The predicted octanol–water partition coefficient (Wildman–Crippen LogP) is 4.87. The van der Waals surface area contributed by atoms with E-state index in [0.29, 0.717) is 40.9 Å². The number of ether oxygens (including phenoxy) is 1. The highest BCUT2D eigenvalue weighted by molar-refractivity contribution is 9.10. The van der Waals surface area contributed by atoms with E-state index in [2.05, 4.69) is 36.5 Å². The summed E-state index contributed by atoms with van der Waals surface area (Å²) in [6.07, 6.45) is 3.30. The zero-order chi connectivity index (χ0) is 19.9. The number of carbonyl (C=O) groups is 1. The molecule has 28 heavy (non-hydrogen) atoms. The molecule has 0 bridgehead atoms. The van der Waals surface area contributed by atoms with Crippen LogP contribution in [0.5, 0.6) is 0 Å². The summed E-state index contributed by atoms with van der Waals surface area (Å²) in [6, 6.07) is 12.5. The van der Waals surface area contributed by atoms with Crippen LogP contribution in [0, 0.1) is 0 Å². The van der Waals surface area contributed by atoms with Crippen molar-refractivity contribution >= 4 is 44.9 Å². The molecule has 1 amide bonds. The Morgan fingerprint density at radius 1 is 1.21 bits per heavy atom. The molecule has 0 fully saturated rings. The first-order valence-electron chi connectivity index (χ1n) is 8.49. The van der Waals surface area contributed by atoms with Gasteiger partial charge in [-0.2, -0.15) is 0 Å². The smallest absolute Gasteiger partial charge is 0.258 e. The Morgan fingerprint density at radius 3 is 2.79 bits per heavy atom. The fraction of sp³-hybridized carbons (Fsp3) is 0.150. The molecule has 8 heteroatoms. The summed E-state index contributed by atoms with van der Waals surface area (Å²) in [7, 11) is 1.62. The number of nitrogens with one attached hydrogen (secondary N) is 2. The number of pyridine rings is 2. The minimum absolute atomic E-state index is 0.270. The largest absolute Gasteiger partial charge is 0.383 e. The van der Waals surface area contributed by atoms with Crippen molar-refractivity contribution in [1.82, 2.24) is 9.97 Å². The van der Waals surface area contributed by atoms with Gasteiger partial charge in [0, 0.05) is 41.8 Å². The van der Waals surface area contributed by atoms with E-state index in [9.17, 15) is 4.79 Å². The van der Waals surface area contributed by atoms with Gasteiger partial charge in [-0.25, -0.2) is 4.98 Å². The molecule has 3 aromatic rings. The van der Waals surface area contributed by atoms with Crippen molar-refractivity contribution in [2.45, 2.75) is 0 Å². The van der Waals surface area contributed by atoms with Crippen molar-refractivity contribution in [2.75, 3.05) is 30.9 Å². The topological polar surface area (TPSA) is 76.1 Å². The summed E-state index contributed by atoms with van der Waals surface area (Å²) in [6.45, 7) is 1.05. The van der Waals surface area contributed by atoms with Crippen molar-refractivity contribution in [1.29, 1.82) is 0 Å². The zero-order valence-electron chi connectivity index (χ0n) is 15.1. The van der Waals surface area contributed by atoms with E-state index < -0.39 is 0 Å². The first kappa shape index (κ1) is 20.3. The SMILES string of the molecule is COCCNc1cc(-c2ncccc2Cl)ccc1C(=O)Nc1ccc(Br)cn1. The number of hydrogen-bond acceptors (Lipinski definition) is 5. The Hall–Kier alpha value is -2.48. The zero-order valence-corrected chi connectivity index (χ0v) is 17.4. The molecule has 1 aromatic carbocycles. The van der Waals surface area contributed by atoms with Gasteiger partial charge in [0.2, 0.25) is 0 Å². The molecule has 0 aliphatic carbocycles. The van der Waals surface area contributed by atoms with E-state index in [1.165, 1.54) is 0 Å². The first-order valence-corrected chi connectivity index (χ1v) is 9.66. The maximum atomic E-state index is 12.8. The lowest BCUT2D eigenvalue weighted by molar-refractivity contribution is 0.102. The van der Waals surface area contributed by atoms with Crippen molar-refractivity contribution in [3.8, 4) is 11.3 Å². The Balaban J connectivity index is 1.91. The summed E-state index contributed by atoms with van der Waals surface area (Å²) in [5, 5.41) is 6.58. The molecular weight excluding hydrogens is 444 g/mol. The molecule has 2 aromatic heterocycles. The highest BCUT2D eigenvalue weighted by Gasteiger charge is 2.15. The molecule has 0 unspecified atom stereocenters. The fourth-order valence-electron chi connectivity index (χ4n) is 2.56. The Labute approximate surface area is 176 Å². The lowest BCUT2D eigenvalue weighted by atomic mass is 10.0. The fourth-order valence-corrected chi connectivity index (χ4v) is 3.02. The second-order valence-corrected chi connectivity index (χ2v) is 7.15. The van der Waals surface area contributed by atoms with E-state index in [1.54, 1.807) is 43.8 Å². The molecule has 0 saturated heterocycles. The maximum absolute atomic E-state index is 12.8. The van der Waals surface area contributed by atoms with Gasteiger partial charge < -0.3 is 15.4 Å². The molecule has 3 rings (SSSR count). The van der Waals surface area contributed by atoms with Gasteiger partial charge >= 0.3 is 0 Å². The summed E-state index contributed by atoms with van der Waals surface area (Å²) in [4.78, 5) is 21.3. The van der Waals surface area contributed by atoms with Gasteiger partial charge in [-0.15, -0.1) is 0 Å². The number of benzene rings is 1. The molecule has 0 aliphatic heterocycles. The van der Waals surface area contributed by atoms with Crippen molar-refractivity contribution in [3.05, 3.63) is 69.9 Å². The number of hydrogen-bond donors (Lipinski definition) is 2. The molecule has 0 saturated carbocycles. The Kier molecular flexibility index (Phi) is 6.97. The van der Waals surface area contributed by atoms with Gasteiger partial charge in [-0.05, 0) is 52.3 Å². The normalized spacial score (nSPS) is 10.5. The number of amides is 1. The summed E-state index contributed by atoms with van der Waals surface area (Å²) in [5.74, 6) is 0.196. The van der Waals surface area contributed by atoms with Gasteiger partial charge in [-0.3, -0.25) is 9.78 Å². The molecular formula is C20H18BrClN4O2. The molecule has 0 radical (unpaired) electrons. The molecule has 2 heterocycles. The molecule has 2 N–H and O–H groups in total. The average molecular weight is 462 g/mol. The number of nitrogens with zero attached hydrogens (tertiary/aromatic N) is 2. The van der Waals surface area contributed by atoms with Crippen LogP contribution in [0.4, 0.5) is 11.5 Å². The summed E-state index contributed by atoms with van der Waals surface area (Å²) < 4.78 is 5.93. The summed E-state index contributed by atoms with van der Waals surface area (Å²) in [5.41, 5.74) is 2.60. The Morgan fingerprint density at radius 2 is 2.07 bits per heavy atom. The predicted molar refractivity (Wildman–Crippen MR) is 115 cm³/mol. The molecule has 0 atom stereocenters. The first-order chi connectivity index (χ1) is 13.6. The number of methoxy groups -OCH3 is 1. The van der Waals surface area contributed by atoms with Crippen LogP contribution in [0.1, 0.15) is 10.4 Å². The molecule has 0 spiro atoms. The van der Waals surface area contributed by atoms with Gasteiger partial charge in [0.05, 0.1) is 22.9 Å². The van der Waals surface area contributed by atoms with E-state index in [0.717, 1.165) is 10.0 Å². The molecule has 0 aliphatic rings. The van der Waals surface area contributed by atoms with Crippen LogP contribution in [-0.2, 0) is 4.74 Å². The lowest BCUT2D eigenvalue weighted by Crippen LogP contribution is -2.17. The van der Waals surface area contributed by atoms with E-state index in [4.69, 9.17) is 16.3 Å². The quantitative estimate of drug-likeness (QED) is 0.491. The number of aromatic nitrogens is 2. The van der Waals surface area contributed by atoms with Crippen LogP contribution in [0.25, 0.3) is 11.3 Å². The van der Waals surface area contributed by atoms with Crippen LogP contribution in [-0.4, -0.2) is 36.1 Å².